The molecule has 1 saturated carbocycles. The highest BCUT2D eigenvalue weighted by Crippen LogP contribution is 2.38. The lowest BCUT2D eigenvalue weighted by Gasteiger charge is -2.31. The molecule has 0 N–H and O–H groups in total. The summed E-state index contributed by atoms with van der Waals surface area (Å²) in [5.74, 6) is 0. The zero-order chi connectivity index (χ0) is 10.3. The molecule has 0 bridgehead atoms. The van der Waals surface area contributed by atoms with Gasteiger partial charge < -0.3 is 0 Å². The minimum Gasteiger partial charge on any atom is -0.260 e. The predicted molar refractivity (Wildman–Crippen MR) is 59.7 cm³/mol. The monoisotopic (exact) mass is 307 g/mol. The van der Waals surface area contributed by atoms with Crippen LogP contribution in [-0.4, -0.2) is 18.6 Å². The van der Waals surface area contributed by atoms with Gasteiger partial charge in [-0.2, -0.15) is 5.10 Å². The predicted octanol–water partition coefficient (Wildman–Crippen LogP) is 2.24. The van der Waals surface area contributed by atoms with Crippen molar-refractivity contribution in [3.63, 3.8) is 0 Å². The second-order valence-electron chi connectivity index (χ2n) is 3.54. The van der Waals surface area contributed by atoms with Gasteiger partial charge in [-0.25, -0.2) is 0 Å². The third kappa shape index (κ3) is 1.51. The molecule has 0 radical (unpaired) electrons. The van der Waals surface area contributed by atoms with Gasteiger partial charge in [-0.15, -0.1) is 0 Å². The van der Waals surface area contributed by atoms with Gasteiger partial charge in [-0.1, -0.05) is 22.6 Å². The average Bonchev–Trinajstić information content (AvgIpc) is 2.41. The van der Waals surface area contributed by atoms with E-state index in [1.807, 2.05) is 0 Å². The Balaban J connectivity index is 2.23. The van der Waals surface area contributed by atoms with E-state index in [2.05, 4.69) is 27.7 Å². The zero-order valence-electron chi connectivity index (χ0n) is 7.68. The van der Waals surface area contributed by atoms with E-state index in [-0.39, 0.29) is 10.6 Å². The Kier molecular flexibility index (Phi) is 2.46. The molecular weight excluding hydrogens is 297 g/mol. The maximum absolute atomic E-state index is 10.6. The minimum absolute atomic E-state index is 0.127. The zero-order valence-corrected chi connectivity index (χ0v) is 9.84. The number of alkyl halides is 1. The number of halogens is 1. The Bertz CT molecular complexity index is 371. The first kappa shape index (κ1) is 9.88. The van der Waals surface area contributed by atoms with E-state index in [0.717, 1.165) is 12.8 Å². The van der Waals surface area contributed by atoms with Gasteiger partial charge in [0.25, 0.3) is 0 Å². The van der Waals surface area contributed by atoms with Crippen molar-refractivity contribution < 1.29 is 4.92 Å². The van der Waals surface area contributed by atoms with E-state index in [1.165, 1.54) is 6.20 Å². The molecule has 0 amide bonds. The van der Waals surface area contributed by atoms with Crippen molar-refractivity contribution in [3.8, 4) is 0 Å². The lowest BCUT2D eigenvalue weighted by molar-refractivity contribution is -0.385. The van der Waals surface area contributed by atoms with Gasteiger partial charge in [0, 0.05) is 3.92 Å². The summed E-state index contributed by atoms with van der Waals surface area (Å²) in [6.45, 7) is 1.76. The Morgan fingerprint density at radius 2 is 2.36 bits per heavy atom. The van der Waals surface area contributed by atoms with Crippen LogP contribution >= 0.6 is 22.6 Å². The van der Waals surface area contributed by atoms with E-state index in [1.54, 1.807) is 11.6 Å². The molecule has 1 heterocycles. The van der Waals surface area contributed by atoms with Crippen molar-refractivity contribution in [2.24, 2.45) is 0 Å². The highest BCUT2D eigenvalue weighted by atomic mass is 127. The highest BCUT2D eigenvalue weighted by molar-refractivity contribution is 14.1. The summed E-state index contributed by atoms with van der Waals surface area (Å²) < 4.78 is 2.48. The van der Waals surface area contributed by atoms with Crippen LogP contribution in [0, 0.1) is 17.0 Å². The standard InChI is InChI=1S/C8H10IN3O2/c1-5-8(12(13)14)4-10-11(5)7-2-6(9)3-7/h4,6-7H,2-3H2,1H3/t6-,7-. The quantitative estimate of drug-likeness (QED) is 0.364. The topological polar surface area (TPSA) is 61.0 Å². The second kappa shape index (κ2) is 3.48. The van der Waals surface area contributed by atoms with Crippen LogP contribution in [0.25, 0.3) is 0 Å². The maximum atomic E-state index is 10.6. The summed E-state index contributed by atoms with van der Waals surface area (Å²) >= 11 is 2.39. The van der Waals surface area contributed by atoms with Gasteiger partial charge in [0.15, 0.2) is 0 Å². The van der Waals surface area contributed by atoms with Crippen LogP contribution < -0.4 is 0 Å². The number of aromatic nitrogens is 2. The number of hydrogen-bond donors (Lipinski definition) is 0. The van der Waals surface area contributed by atoms with Gasteiger partial charge in [-0.05, 0) is 19.8 Å². The molecule has 1 fully saturated rings. The molecule has 14 heavy (non-hydrogen) atoms. The molecule has 1 aliphatic carbocycles. The molecule has 0 atom stereocenters. The van der Waals surface area contributed by atoms with E-state index in [4.69, 9.17) is 0 Å². The molecule has 0 unspecified atom stereocenters. The Hall–Kier alpha value is -0.660. The van der Waals surface area contributed by atoms with Crippen molar-refractivity contribution in [2.75, 3.05) is 0 Å². The van der Waals surface area contributed by atoms with Crippen molar-refractivity contribution >= 4 is 28.3 Å². The van der Waals surface area contributed by atoms with Crippen LogP contribution in [0.3, 0.4) is 0 Å². The summed E-state index contributed by atoms with van der Waals surface area (Å²) in [6, 6.07) is 0.366. The van der Waals surface area contributed by atoms with Crippen molar-refractivity contribution in [1.82, 2.24) is 9.78 Å². The first-order valence-corrected chi connectivity index (χ1v) is 5.66. The highest BCUT2D eigenvalue weighted by Gasteiger charge is 2.31. The van der Waals surface area contributed by atoms with Crippen LogP contribution in [-0.2, 0) is 0 Å². The first-order chi connectivity index (χ1) is 6.59. The summed E-state index contributed by atoms with van der Waals surface area (Å²) in [6.07, 6.45) is 3.48. The third-order valence-corrected chi connectivity index (χ3v) is 3.63. The van der Waals surface area contributed by atoms with Crippen LogP contribution in [0.2, 0.25) is 0 Å². The first-order valence-electron chi connectivity index (χ1n) is 4.42. The van der Waals surface area contributed by atoms with Gasteiger partial charge in [0.1, 0.15) is 11.9 Å². The Morgan fingerprint density at radius 3 is 2.79 bits per heavy atom. The van der Waals surface area contributed by atoms with Crippen molar-refractivity contribution in [2.45, 2.75) is 29.7 Å². The SMILES string of the molecule is Cc1c([N+](=O)[O-])cnn1[C@H]1C[C@H](I)C1. The van der Waals surface area contributed by atoms with E-state index >= 15 is 0 Å². The fraction of sp³-hybridized carbons (Fsp3) is 0.625. The van der Waals surface area contributed by atoms with Crippen LogP contribution in [0.4, 0.5) is 5.69 Å². The van der Waals surface area contributed by atoms with Gasteiger partial charge in [0.2, 0.25) is 0 Å². The molecule has 2 rings (SSSR count). The third-order valence-electron chi connectivity index (χ3n) is 2.62. The number of rotatable bonds is 2. The molecule has 76 valence electrons. The second-order valence-corrected chi connectivity index (χ2v) is 5.30. The number of nitro groups is 1. The maximum Gasteiger partial charge on any atom is 0.309 e. The molecule has 5 nitrogen and oxygen atoms in total. The largest absolute Gasteiger partial charge is 0.309 e. The van der Waals surface area contributed by atoms with Gasteiger partial charge in [-0.3, -0.25) is 14.8 Å². The molecule has 0 spiro atoms. The summed E-state index contributed by atoms with van der Waals surface area (Å²) in [5, 5.41) is 14.6. The molecule has 1 aromatic heterocycles. The van der Waals surface area contributed by atoms with Crippen LogP contribution in [0.1, 0.15) is 24.6 Å². The number of nitrogens with zero attached hydrogens (tertiary/aromatic N) is 3. The lowest BCUT2D eigenvalue weighted by Crippen LogP contribution is -2.28. The van der Waals surface area contributed by atoms with Gasteiger partial charge >= 0.3 is 5.69 Å². The fourth-order valence-corrected chi connectivity index (χ4v) is 2.86. The summed E-state index contributed by atoms with van der Waals surface area (Å²) in [4.78, 5) is 10.2. The van der Waals surface area contributed by atoms with E-state index in [0.29, 0.717) is 15.7 Å². The molecule has 0 saturated heterocycles. The van der Waals surface area contributed by atoms with Crippen LogP contribution in [0.15, 0.2) is 6.20 Å². The lowest BCUT2D eigenvalue weighted by atomic mass is 9.93. The van der Waals surface area contributed by atoms with Crippen molar-refractivity contribution in [3.05, 3.63) is 22.0 Å². The smallest absolute Gasteiger partial charge is 0.260 e. The van der Waals surface area contributed by atoms with E-state index in [9.17, 15) is 10.1 Å². The molecule has 1 aliphatic rings. The molecule has 6 heteroatoms. The average molecular weight is 307 g/mol. The van der Waals surface area contributed by atoms with Crippen LogP contribution in [0.5, 0.6) is 0 Å². The van der Waals surface area contributed by atoms with Gasteiger partial charge in [0.05, 0.1) is 11.0 Å². The Labute approximate surface area is 94.8 Å². The number of hydrogen-bond acceptors (Lipinski definition) is 3. The molecule has 0 aromatic carbocycles. The Morgan fingerprint density at radius 1 is 1.71 bits per heavy atom. The minimum atomic E-state index is -0.376. The summed E-state index contributed by atoms with van der Waals surface area (Å²) in [7, 11) is 0. The fourth-order valence-electron chi connectivity index (χ4n) is 1.68. The normalized spacial score (nSPS) is 25.9. The molecule has 0 aliphatic heterocycles. The molecular formula is C8H10IN3O2. The molecule has 1 aromatic rings. The summed E-state index contributed by atoms with van der Waals surface area (Å²) in [5.41, 5.74) is 0.796. The van der Waals surface area contributed by atoms with Crippen molar-refractivity contribution in [1.29, 1.82) is 0 Å². The van der Waals surface area contributed by atoms with E-state index < -0.39 is 0 Å².